The molecule has 0 saturated heterocycles. The number of nitriles is 1. The van der Waals surface area contributed by atoms with Crippen molar-refractivity contribution in [2.75, 3.05) is 0 Å². The van der Waals surface area contributed by atoms with Crippen molar-refractivity contribution < 1.29 is 13.9 Å². The summed E-state index contributed by atoms with van der Waals surface area (Å²) < 4.78 is 23.0. The molecule has 2 aromatic rings. The van der Waals surface area contributed by atoms with Crippen molar-refractivity contribution in [3.8, 4) is 6.07 Å². The van der Waals surface area contributed by atoms with E-state index < -0.39 is 11.7 Å². The maximum atomic E-state index is 14.7. The molecule has 6 heteroatoms. The molecule has 1 atom stereocenters. The molecule has 0 unspecified atom stereocenters. The van der Waals surface area contributed by atoms with Crippen LogP contribution in [0.3, 0.4) is 0 Å². The molecular weight excluding hydrogens is 399 g/mol. The number of aromatic nitrogens is 1. The summed E-state index contributed by atoms with van der Waals surface area (Å²) in [5.74, 6) is -0.449. The first-order chi connectivity index (χ1) is 12.6. The van der Waals surface area contributed by atoms with Crippen LogP contribution < -0.4 is 0 Å². The first kappa shape index (κ1) is 16.8. The Labute approximate surface area is 158 Å². The van der Waals surface area contributed by atoms with E-state index in [0.29, 0.717) is 46.5 Å². The largest absolute Gasteiger partial charge is 0.443 e. The van der Waals surface area contributed by atoms with Crippen molar-refractivity contribution in [1.82, 2.24) is 4.57 Å². The van der Waals surface area contributed by atoms with E-state index in [2.05, 4.69) is 22.0 Å². The van der Waals surface area contributed by atoms with Gasteiger partial charge in [0.1, 0.15) is 23.2 Å². The minimum atomic E-state index is -0.772. The monoisotopic (exact) mass is 412 g/mol. The fraction of sp³-hybridized carbons (Fsp3) is 0.200. The highest BCUT2D eigenvalue weighted by atomic mass is 79.9. The highest BCUT2D eigenvalue weighted by Crippen LogP contribution is 2.46. The summed E-state index contributed by atoms with van der Waals surface area (Å²) in [5.41, 5.74) is 0.930. The summed E-state index contributed by atoms with van der Waals surface area (Å²) in [6.45, 7) is 0. The first-order valence-electron chi connectivity index (χ1n) is 8.27. The summed E-state index contributed by atoms with van der Waals surface area (Å²) in [6.07, 6.45) is 5.18. The smallest absolute Gasteiger partial charge is 0.218 e. The quantitative estimate of drug-likeness (QED) is 0.704. The number of hydrogen-bond donors (Lipinski definition) is 0. The van der Waals surface area contributed by atoms with Crippen LogP contribution in [0.5, 0.6) is 0 Å². The van der Waals surface area contributed by atoms with Crippen LogP contribution in [0.4, 0.5) is 4.39 Å². The van der Waals surface area contributed by atoms with Gasteiger partial charge in [-0.2, -0.15) is 5.26 Å². The van der Waals surface area contributed by atoms with Gasteiger partial charge in [0.25, 0.3) is 0 Å². The zero-order valence-corrected chi connectivity index (χ0v) is 15.3. The highest BCUT2D eigenvalue weighted by Gasteiger charge is 2.40. The van der Waals surface area contributed by atoms with Gasteiger partial charge in [-0.1, -0.05) is 15.9 Å². The van der Waals surface area contributed by atoms with Gasteiger partial charge in [-0.3, -0.25) is 9.36 Å². The summed E-state index contributed by atoms with van der Waals surface area (Å²) in [7, 11) is 0. The van der Waals surface area contributed by atoms with Crippen LogP contribution in [-0.2, 0) is 9.53 Å². The third-order valence-corrected chi connectivity index (χ3v) is 5.16. The Morgan fingerprint density at radius 1 is 1.27 bits per heavy atom. The number of allylic oxidation sites excluding steroid dienone is 3. The lowest BCUT2D eigenvalue weighted by molar-refractivity contribution is -0.116. The number of benzene rings is 1. The van der Waals surface area contributed by atoms with Crippen LogP contribution in [0.15, 0.2) is 64.1 Å². The second-order valence-corrected chi connectivity index (χ2v) is 7.15. The molecule has 0 N–H and O–H groups in total. The van der Waals surface area contributed by atoms with E-state index in [1.807, 2.05) is 12.1 Å². The van der Waals surface area contributed by atoms with Crippen molar-refractivity contribution in [3.63, 3.8) is 0 Å². The number of halogens is 2. The van der Waals surface area contributed by atoms with E-state index in [0.717, 1.165) is 0 Å². The van der Waals surface area contributed by atoms with E-state index in [1.165, 1.54) is 6.07 Å². The number of ketones is 1. The van der Waals surface area contributed by atoms with Gasteiger partial charge in [-0.15, -0.1) is 0 Å². The Bertz CT molecular complexity index is 999. The van der Waals surface area contributed by atoms with E-state index >= 15 is 0 Å². The highest BCUT2D eigenvalue weighted by molar-refractivity contribution is 9.10. The summed E-state index contributed by atoms with van der Waals surface area (Å²) in [6, 6.07) is 10.4. The van der Waals surface area contributed by atoms with E-state index in [4.69, 9.17) is 4.74 Å². The second-order valence-electron chi connectivity index (χ2n) is 6.24. The van der Waals surface area contributed by atoms with Gasteiger partial charge >= 0.3 is 0 Å². The molecule has 0 saturated carbocycles. The minimum absolute atomic E-state index is 0.0880. The van der Waals surface area contributed by atoms with Gasteiger partial charge in [0.2, 0.25) is 5.88 Å². The average Bonchev–Trinajstić information content (AvgIpc) is 3.17. The Morgan fingerprint density at radius 2 is 2.04 bits per heavy atom. The topological polar surface area (TPSA) is 55.0 Å². The van der Waals surface area contributed by atoms with Gasteiger partial charge in [0.05, 0.1) is 5.92 Å². The third-order valence-electron chi connectivity index (χ3n) is 4.66. The third kappa shape index (κ3) is 2.69. The first-order valence-corrected chi connectivity index (χ1v) is 9.06. The Morgan fingerprint density at radius 3 is 2.77 bits per heavy atom. The molecule has 26 heavy (non-hydrogen) atoms. The molecule has 0 fully saturated rings. The van der Waals surface area contributed by atoms with Crippen molar-refractivity contribution >= 4 is 27.6 Å². The van der Waals surface area contributed by atoms with Crippen LogP contribution in [0.25, 0.3) is 5.88 Å². The van der Waals surface area contributed by atoms with Gasteiger partial charge in [-0.05, 0) is 36.8 Å². The molecule has 0 amide bonds. The van der Waals surface area contributed by atoms with Crippen LogP contribution in [-0.4, -0.2) is 10.4 Å². The maximum absolute atomic E-state index is 14.7. The molecule has 2 aliphatic rings. The standard InChI is InChI=1S/C20H14BrFN2O2/c21-12-6-7-15(22)13(10-12)18-14(11-23)20(24-8-1-2-9-24)26-17-5-3-4-16(25)19(17)18/h1-2,6-10,18H,3-5H2/t18-/m1/s1. The number of hydrogen-bond acceptors (Lipinski definition) is 3. The molecule has 0 radical (unpaired) electrons. The summed E-state index contributed by atoms with van der Waals surface area (Å²) >= 11 is 3.36. The number of carbonyl (C=O) groups is 1. The normalized spacial score (nSPS) is 19.9. The van der Waals surface area contributed by atoms with Crippen LogP contribution in [0.2, 0.25) is 0 Å². The minimum Gasteiger partial charge on any atom is -0.443 e. The van der Waals surface area contributed by atoms with Crippen molar-refractivity contribution in [2.45, 2.75) is 25.2 Å². The second kappa shape index (κ2) is 6.58. The lowest BCUT2D eigenvalue weighted by Gasteiger charge is -2.32. The van der Waals surface area contributed by atoms with E-state index in [9.17, 15) is 14.4 Å². The molecule has 1 aliphatic heterocycles. The Hall–Kier alpha value is -2.65. The van der Waals surface area contributed by atoms with E-state index in [1.54, 1.807) is 29.1 Å². The Balaban J connectivity index is 1.99. The number of nitrogens with zero attached hydrogens (tertiary/aromatic N) is 2. The van der Waals surface area contributed by atoms with Crippen molar-refractivity contribution in [3.05, 3.63) is 75.5 Å². The number of carbonyl (C=O) groups excluding carboxylic acids is 1. The van der Waals surface area contributed by atoms with Crippen LogP contribution >= 0.6 is 15.9 Å². The lowest BCUT2D eigenvalue weighted by Crippen LogP contribution is -2.26. The number of rotatable bonds is 2. The van der Waals surface area contributed by atoms with Crippen LogP contribution in [0, 0.1) is 17.1 Å². The fourth-order valence-corrected chi connectivity index (χ4v) is 3.90. The summed E-state index contributed by atoms with van der Waals surface area (Å²) in [5, 5.41) is 9.86. The molecule has 0 spiro atoms. The molecule has 2 heterocycles. The SMILES string of the molecule is N#CC1=C(n2cccc2)OC2=C(C(=O)CCC2)[C@@H]1c1cc(Br)ccc1F. The molecule has 1 aromatic carbocycles. The van der Waals surface area contributed by atoms with Gasteiger partial charge in [-0.25, -0.2) is 4.39 Å². The van der Waals surface area contributed by atoms with Gasteiger partial charge in [0.15, 0.2) is 5.78 Å². The number of Topliss-reactive ketones (excluding diaryl/α,β-unsaturated/α-hetero) is 1. The Kier molecular flexibility index (Phi) is 4.25. The summed E-state index contributed by atoms with van der Waals surface area (Å²) in [4.78, 5) is 12.7. The lowest BCUT2D eigenvalue weighted by atomic mass is 9.77. The molecule has 4 nitrogen and oxygen atoms in total. The fourth-order valence-electron chi connectivity index (χ4n) is 3.52. The molecule has 4 rings (SSSR count). The van der Waals surface area contributed by atoms with Crippen LogP contribution in [0.1, 0.15) is 30.7 Å². The van der Waals surface area contributed by atoms with Gasteiger partial charge in [0, 0.05) is 40.8 Å². The zero-order chi connectivity index (χ0) is 18.3. The van der Waals surface area contributed by atoms with Gasteiger partial charge < -0.3 is 4.74 Å². The zero-order valence-electron chi connectivity index (χ0n) is 13.7. The molecule has 130 valence electrons. The van der Waals surface area contributed by atoms with E-state index in [-0.39, 0.29) is 11.4 Å². The molecule has 0 bridgehead atoms. The molecule has 1 aromatic heterocycles. The van der Waals surface area contributed by atoms with Crippen molar-refractivity contribution in [2.24, 2.45) is 0 Å². The molecular formula is C20H14BrFN2O2. The average molecular weight is 413 g/mol. The maximum Gasteiger partial charge on any atom is 0.218 e. The molecule has 1 aliphatic carbocycles. The number of ether oxygens (including phenoxy) is 1. The van der Waals surface area contributed by atoms with Crippen molar-refractivity contribution in [1.29, 1.82) is 5.26 Å². The predicted octanol–water partition coefficient (Wildman–Crippen LogP) is 4.90. The predicted molar refractivity (Wildman–Crippen MR) is 97.1 cm³/mol.